The summed E-state index contributed by atoms with van der Waals surface area (Å²) in [5.41, 5.74) is 0.326. The fourth-order valence-electron chi connectivity index (χ4n) is 1.76. The van der Waals surface area contributed by atoms with Crippen molar-refractivity contribution in [2.24, 2.45) is 0 Å². The maximum Gasteiger partial charge on any atom is 0.419 e. The van der Waals surface area contributed by atoms with Crippen LogP contribution in [0.15, 0.2) is 31.9 Å². The van der Waals surface area contributed by atoms with E-state index in [1.54, 1.807) is 20.8 Å². The Kier molecular flexibility index (Phi) is 4.58. The zero-order valence-corrected chi connectivity index (χ0v) is 12.5. The Morgan fingerprint density at radius 3 is 2.29 bits per heavy atom. The maximum atomic E-state index is 12.3. The standard InChI is InChI=1S/C16H19NO4/c1-7-10(3)11-9-13(14(18)19)17(12(11)8-2)15(20)21-16(4,5)6/h7-9H,1-3H2,4-6H3,(H,18,19). The first-order chi connectivity index (χ1) is 9.62. The highest BCUT2D eigenvalue weighted by Gasteiger charge is 2.27. The van der Waals surface area contributed by atoms with Gasteiger partial charge in [-0.2, -0.15) is 0 Å². The summed E-state index contributed by atoms with van der Waals surface area (Å²) in [5.74, 6) is -1.24. The van der Waals surface area contributed by atoms with Gasteiger partial charge in [0.1, 0.15) is 11.3 Å². The minimum atomic E-state index is -1.24. The van der Waals surface area contributed by atoms with Crippen molar-refractivity contribution in [1.82, 2.24) is 4.57 Å². The van der Waals surface area contributed by atoms with Gasteiger partial charge in [-0.05, 0) is 38.5 Å². The van der Waals surface area contributed by atoms with Crippen LogP contribution in [-0.2, 0) is 4.74 Å². The molecule has 1 aromatic heterocycles. The Morgan fingerprint density at radius 1 is 1.33 bits per heavy atom. The fourth-order valence-corrected chi connectivity index (χ4v) is 1.76. The number of carbonyl (C=O) groups is 2. The average molecular weight is 289 g/mol. The first-order valence-electron chi connectivity index (χ1n) is 6.29. The smallest absolute Gasteiger partial charge is 0.419 e. The van der Waals surface area contributed by atoms with Crippen molar-refractivity contribution < 1.29 is 19.4 Å². The van der Waals surface area contributed by atoms with Gasteiger partial charge in [-0.15, -0.1) is 0 Å². The highest BCUT2D eigenvalue weighted by Crippen LogP contribution is 2.26. The second-order valence-electron chi connectivity index (χ2n) is 5.38. The van der Waals surface area contributed by atoms with Crippen molar-refractivity contribution in [1.29, 1.82) is 0 Å². The number of ether oxygens (including phenoxy) is 1. The van der Waals surface area contributed by atoms with Gasteiger partial charge >= 0.3 is 12.1 Å². The summed E-state index contributed by atoms with van der Waals surface area (Å²) < 4.78 is 6.22. The van der Waals surface area contributed by atoms with Crippen LogP contribution in [0.4, 0.5) is 4.79 Å². The van der Waals surface area contributed by atoms with Gasteiger partial charge in [-0.3, -0.25) is 0 Å². The topological polar surface area (TPSA) is 68.5 Å². The Balaban J connectivity index is 3.54. The van der Waals surface area contributed by atoms with Crippen LogP contribution in [0, 0.1) is 0 Å². The van der Waals surface area contributed by atoms with Gasteiger partial charge in [0.25, 0.3) is 0 Å². The van der Waals surface area contributed by atoms with E-state index in [0.29, 0.717) is 16.8 Å². The molecule has 1 heterocycles. The Hall–Kier alpha value is -2.56. The summed E-state index contributed by atoms with van der Waals surface area (Å²) in [6.45, 7) is 16.1. The molecule has 0 spiro atoms. The lowest BCUT2D eigenvalue weighted by Crippen LogP contribution is -2.29. The van der Waals surface area contributed by atoms with E-state index in [-0.39, 0.29) is 5.69 Å². The van der Waals surface area contributed by atoms with Gasteiger partial charge in [-0.25, -0.2) is 14.2 Å². The minimum Gasteiger partial charge on any atom is -0.477 e. The van der Waals surface area contributed by atoms with E-state index in [1.807, 2.05) is 0 Å². The van der Waals surface area contributed by atoms with Crippen LogP contribution in [0.3, 0.4) is 0 Å². The monoisotopic (exact) mass is 289 g/mol. The second kappa shape index (κ2) is 5.83. The van der Waals surface area contributed by atoms with Crippen LogP contribution >= 0.6 is 0 Å². The minimum absolute atomic E-state index is 0.211. The zero-order valence-electron chi connectivity index (χ0n) is 12.5. The molecule has 1 rings (SSSR count). The number of aromatic nitrogens is 1. The van der Waals surface area contributed by atoms with E-state index in [2.05, 4.69) is 19.7 Å². The van der Waals surface area contributed by atoms with Crippen molar-refractivity contribution in [3.05, 3.63) is 48.8 Å². The first-order valence-corrected chi connectivity index (χ1v) is 6.29. The predicted molar refractivity (Wildman–Crippen MR) is 82.3 cm³/mol. The Labute approximate surface area is 123 Å². The van der Waals surface area contributed by atoms with Crippen molar-refractivity contribution in [3.63, 3.8) is 0 Å². The third-order valence-corrected chi connectivity index (χ3v) is 2.62. The molecule has 0 aliphatic carbocycles. The van der Waals surface area contributed by atoms with Gasteiger partial charge in [0, 0.05) is 5.56 Å². The van der Waals surface area contributed by atoms with Gasteiger partial charge in [0.05, 0.1) is 5.69 Å². The molecule has 0 bridgehead atoms. The summed E-state index contributed by atoms with van der Waals surface area (Å²) in [7, 11) is 0. The summed E-state index contributed by atoms with van der Waals surface area (Å²) in [5, 5.41) is 9.28. The third-order valence-electron chi connectivity index (χ3n) is 2.62. The number of rotatable bonds is 4. The molecule has 0 amide bonds. The van der Waals surface area contributed by atoms with Crippen LogP contribution < -0.4 is 0 Å². The number of aromatic carboxylic acids is 1. The summed E-state index contributed by atoms with van der Waals surface area (Å²) in [6.07, 6.45) is 2.09. The lowest BCUT2D eigenvalue weighted by Gasteiger charge is -2.20. The molecule has 5 heteroatoms. The number of nitrogens with zero attached hydrogens (tertiary/aromatic N) is 1. The highest BCUT2D eigenvalue weighted by atomic mass is 16.6. The van der Waals surface area contributed by atoms with E-state index in [4.69, 9.17) is 4.74 Å². The van der Waals surface area contributed by atoms with E-state index >= 15 is 0 Å². The molecular weight excluding hydrogens is 270 g/mol. The molecule has 0 aromatic carbocycles. The SMILES string of the molecule is C=CC(=C)c1cc(C(=O)O)n(C(=O)OC(C)(C)C)c1C=C. The second-order valence-corrected chi connectivity index (χ2v) is 5.38. The molecule has 0 atom stereocenters. The lowest BCUT2D eigenvalue weighted by molar-refractivity contribution is 0.0505. The molecule has 0 aliphatic rings. The molecule has 21 heavy (non-hydrogen) atoms. The summed E-state index contributed by atoms with van der Waals surface area (Å²) >= 11 is 0. The van der Waals surface area contributed by atoms with Crippen LogP contribution in [0.2, 0.25) is 0 Å². The molecule has 0 saturated heterocycles. The number of carboxylic acid groups (broad SMARTS) is 1. The van der Waals surface area contributed by atoms with Crippen LogP contribution in [-0.4, -0.2) is 27.3 Å². The number of carboxylic acids is 1. The van der Waals surface area contributed by atoms with Crippen molar-refractivity contribution in [2.75, 3.05) is 0 Å². The quantitative estimate of drug-likeness (QED) is 0.856. The molecule has 112 valence electrons. The van der Waals surface area contributed by atoms with Crippen LogP contribution in [0.5, 0.6) is 0 Å². The Morgan fingerprint density at radius 2 is 1.90 bits per heavy atom. The van der Waals surface area contributed by atoms with Crippen molar-refractivity contribution in [2.45, 2.75) is 26.4 Å². The van der Waals surface area contributed by atoms with Gasteiger partial charge in [0.2, 0.25) is 0 Å². The molecule has 1 N–H and O–H groups in total. The zero-order chi connectivity index (χ0) is 16.4. The van der Waals surface area contributed by atoms with E-state index in [0.717, 1.165) is 4.57 Å². The molecule has 0 fully saturated rings. The molecule has 5 nitrogen and oxygen atoms in total. The van der Waals surface area contributed by atoms with Crippen molar-refractivity contribution >= 4 is 23.7 Å². The third kappa shape index (κ3) is 3.51. The number of carbonyl (C=O) groups excluding carboxylic acids is 1. The van der Waals surface area contributed by atoms with Gasteiger partial charge in [-0.1, -0.05) is 25.8 Å². The van der Waals surface area contributed by atoms with Gasteiger partial charge in [0.15, 0.2) is 0 Å². The summed E-state index contributed by atoms with van der Waals surface area (Å²) in [4.78, 5) is 23.6. The molecule has 0 aliphatic heterocycles. The summed E-state index contributed by atoms with van der Waals surface area (Å²) in [6, 6.07) is 1.35. The molecule has 1 aromatic rings. The van der Waals surface area contributed by atoms with E-state index in [1.165, 1.54) is 18.2 Å². The normalized spacial score (nSPS) is 10.8. The molecular formula is C16H19NO4. The van der Waals surface area contributed by atoms with E-state index < -0.39 is 17.7 Å². The number of hydrogen-bond acceptors (Lipinski definition) is 3. The van der Waals surface area contributed by atoms with Crippen LogP contribution in [0.1, 0.15) is 42.5 Å². The molecule has 0 saturated carbocycles. The molecule has 0 unspecified atom stereocenters. The average Bonchev–Trinajstić information content (AvgIpc) is 2.75. The predicted octanol–water partition coefficient (Wildman–Crippen LogP) is 3.81. The van der Waals surface area contributed by atoms with Crippen molar-refractivity contribution in [3.8, 4) is 0 Å². The van der Waals surface area contributed by atoms with Crippen LogP contribution in [0.25, 0.3) is 11.6 Å². The largest absolute Gasteiger partial charge is 0.477 e. The number of allylic oxidation sites excluding steroid dienone is 2. The fraction of sp³-hybridized carbons (Fsp3) is 0.250. The first kappa shape index (κ1) is 16.5. The van der Waals surface area contributed by atoms with Gasteiger partial charge < -0.3 is 9.84 Å². The number of hydrogen-bond donors (Lipinski definition) is 1. The highest BCUT2D eigenvalue weighted by molar-refractivity contribution is 5.95. The Bertz CT molecular complexity index is 629. The maximum absolute atomic E-state index is 12.3. The van der Waals surface area contributed by atoms with E-state index in [9.17, 15) is 14.7 Å². The lowest BCUT2D eigenvalue weighted by atomic mass is 10.1. The molecule has 0 radical (unpaired) electrons.